The lowest BCUT2D eigenvalue weighted by atomic mass is 10.00. The van der Waals surface area contributed by atoms with Gasteiger partial charge in [-0.3, -0.25) is 4.90 Å². The third-order valence-corrected chi connectivity index (χ3v) is 4.78. The Hall–Kier alpha value is -1.49. The van der Waals surface area contributed by atoms with E-state index in [1.165, 1.54) is 6.20 Å². The molecule has 0 spiro atoms. The largest absolute Gasteiger partial charge is 0.435 e. The highest BCUT2D eigenvalue weighted by molar-refractivity contribution is 5.50. The molecule has 0 aliphatic carbocycles. The molecule has 3 atom stereocenters. The normalized spacial score (nSPS) is 31.5. The van der Waals surface area contributed by atoms with Crippen LogP contribution in [-0.4, -0.2) is 81.2 Å². The van der Waals surface area contributed by atoms with Gasteiger partial charge in [0.15, 0.2) is 5.69 Å². The molecular formula is C15H21F3N4O3. The van der Waals surface area contributed by atoms with Gasteiger partial charge in [0, 0.05) is 32.7 Å². The minimum atomic E-state index is -4.53. The van der Waals surface area contributed by atoms with Crippen molar-refractivity contribution in [2.75, 3.05) is 37.6 Å². The molecule has 2 fully saturated rings. The standard InChI is InChI=1S/C15H21F3N4O3/c16-15(17,18)14-10(3-19-8-20-14)22-2-1-9(5-22)4-21-6-11(23)13(25)12(24)7-21/h3,8-9,11-13,23-25H,1-2,4-7H2/t9-,11?,12?,13?/m1/s1. The molecule has 1 aromatic rings. The quantitative estimate of drug-likeness (QED) is 0.681. The Morgan fingerprint density at radius 1 is 1.12 bits per heavy atom. The van der Waals surface area contributed by atoms with E-state index >= 15 is 0 Å². The van der Waals surface area contributed by atoms with Crippen LogP contribution in [0.2, 0.25) is 0 Å². The van der Waals surface area contributed by atoms with Crippen molar-refractivity contribution in [3.8, 4) is 0 Å². The lowest BCUT2D eigenvalue weighted by molar-refractivity contribution is -0.140. The summed E-state index contributed by atoms with van der Waals surface area (Å²) in [6.07, 6.45) is -4.98. The molecule has 25 heavy (non-hydrogen) atoms. The van der Waals surface area contributed by atoms with E-state index in [2.05, 4.69) is 9.97 Å². The van der Waals surface area contributed by atoms with Crippen LogP contribution < -0.4 is 4.90 Å². The number of aromatic nitrogens is 2. The molecule has 0 bridgehead atoms. The van der Waals surface area contributed by atoms with Gasteiger partial charge in [0.1, 0.15) is 12.4 Å². The molecule has 0 saturated carbocycles. The first kappa shape index (κ1) is 18.3. The minimum Gasteiger partial charge on any atom is -0.389 e. The fourth-order valence-corrected chi connectivity index (χ4v) is 3.56. The van der Waals surface area contributed by atoms with Gasteiger partial charge in [-0.1, -0.05) is 0 Å². The van der Waals surface area contributed by atoms with Crippen molar-refractivity contribution in [2.45, 2.75) is 30.9 Å². The number of β-amino-alcohol motifs (C(OH)–C–C–N with tert-alkyl or cyclic N) is 2. The van der Waals surface area contributed by atoms with Crippen molar-refractivity contribution < 1.29 is 28.5 Å². The Kier molecular flexibility index (Phi) is 5.14. The van der Waals surface area contributed by atoms with E-state index in [1.807, 2.05) is 4.90 Å². The van der Waals surface area contributed by atoms with Crippen LogP contribution in [0, 0.1) is 5.92 Å². The molecular weight excluding hydrogens is 341 g/mol. The predicted molar refractivity (Wildman–Crippen MR) is 81.8 cm³/mol. The van der Waals surface area contributed by atoms with E-state index in [0.717, 1.165) is 6.33 Å². The highest BCUT2D eigenvalue weighted by Gasteiger charge is 2.39. The molecule has 3 N–H and O–H groups in total. The first-order valence-electron chi connectivity index (χ1n) is 8.14. The zero-order valence-corrected chi connectivity index (χ0v) is 13.5. The molecule has 2 unspecified atom stereocenters. The number of alkyl halides is 3. The van der Waals surface area contributed by atoms with Gasteiger partial charge < -0.3 is 20.2 Å². The van der Waals surface area contributed by atoms with Crippen LogP contribution in [0.4, 0.5) is 18.9 Å². The third-order valence-electron chi connectivity index (χ3n) is 4.78. The summed E-state index contributed by atoms with van der Waals surface area (Å²) in [5, 5.41) is 29.1. The maximum absolute atomic E-state index is 13.1. The number of likely N-dealkylation sites (tertiary alicyclic amines) is 1. The minimum absolute atomic E-state index is 0.0216. The van der Waals surface area contributed by atoms with Crippen LogP contribution in [0.3, 0.4) is 0 Å². The van der Waals surface area contributed by atoms with Crippen LogP contribution in [-0.2, 0) is 6.18 Å². The Bertz CT molecular complexity index is 592. The van der Waals surface area contributed by atoms with Crippen LogP contribution in [0.5, 0.6) is 0 Å². The van der Waals surface area contributed by atoms with E-state index in [0.29, 0.717) is 26.1 Å². The second-order valence-electron chi connectivity index (χ2n) is 6.70. The Morgan fingerprint density at radius 2 is 1.80 bits per heavy atom. The predicted octanol–water partition coefficient (Wildman–Crippen LogP) is -0.280. The highest BCUT2D eigenvalue weighted by atomic mass is 19.4. The summed E-state index contributed by atoms with van der Waals surface area (Å²) < 4.78 is 39.3. The topological polar surface area (TPSA) is 93.0 Å². The Balaban J connectivity index is 1.63. The first-order valence-corrected chi connectivity index (χ1v) is 8.14. The van der Waals surface area contributed by atoms with Crippen molar-refractivity contribution in [3.05, 3.63) is 18.2 Å². The number of nitrogens with zero attached hydrogens (tertiary/aromatic N) is 4. The van der Waals surface area contributed by atoms with Gasteiger partial charge in [-0.25, -0.2) is 9.97 Å². The van der Waals surface area contributed by atoms with Gasteiger partial charge >= 0.3 is 6.18 Å². The van der Waals surface area contributed by atoms with Gasteiger partial charge in [0.05, 0.1) is 24.1 Å². The number of anilines is 1. The number of rotatable bonds is 3. The van der Waals surface area contributed by atoms with Crippen molar-refractivity contribution in [2.24, 2.45) is 5.92 Å². The fourth-order valence-electron chi connectivity index (χ4n) is 3.56. The summed E-state index contributed by atoms with van der Waals surface area (Å²) in [5.74, 6) is 0.0935. The molecule has 0 radical (unpaired) electrons. The number of hydrogen-bond acceptors (Lipinski definition) is 7. The lowest BCUT2D eigenvalue weighted by Crippen LogP contribution is -2.56. The number of aliphatic hydroxyl groups is 3. The number of piperidine rings is 1. The summed E-state index contributed by atoms with van der Waals surface area (Å²) in [7, 11) is 0. The number of aliphatic hydroxyl groups excluding tert-OH is 3. The lowest BCUT2D eigenvalue weighted by Gasteiger charge is -2.38. The molecule has 2 aliphatic heterocycles. The Labute approximate surface area is 142 Å². The van der Waals surface area contributed by atoms with Gasteiger partial charge in [-0.15, -0.1) is 0 Å². The molecule has 140 valence electrons. The molecule has 3 heterocycles. The molecule has 7 nitrogen and oxygen atoms in total. The van der Waals surface area contributed by atoms with E-state index in [-0.39, 0.29) is 24.7 Å². The van der Waals surface area contributed by atoms with Crippen LogP contribution in [0.15, 0.2) is 12.5 Å². The summed E-state index contributed by atoms with van der Waals surface area (Å²) in [6.45, 7) is 1.88. The summed E-state index contributed by atoms with van der Waals surface area (Å²) in [4.78, 5) is 10.6. The van der Waals surface area contributed by atoms with Gasteiger partial charge in [0.2, 0.25) is 0 Å². The third kappa shape index (κ3) is 4.02. The smallest absolute Gasteiger partial charge is 0.389 e. The number of halogens is 3. The second kappa shape index (κ2) is 7.02. The number of hydrogen-bond donors (Lipinski definition) is 3. The summed E-state index contributed by atoms with van der Waals surface area (Å²) in [6, 6.07) is 0. The molecule has 0 amide bonds. The summed E-state index contributed by atoms with van der Waals surface area (Å²) >= 11 is 0. The van der Waals surface area contributed by atoms with Crippen molar-refractivity contribution in [1.82, 2.24) is 14.9 Å². The molecule has 3 rings (SSSR count). The van der Waals surface area contributed by atoms with E-state index < -0.39 is 30.2 Å². The highest BCUT2D eigenvalue weighted by Crippen LogP contribution is 2.36. The van der Waals surface area contributed by atoms with Crippen molar-refractivity contribution >= 4 is 5.69 Å². The monoisotopic (exact) mass is 362 g/mol. The first-order chi connectivity index (χ1) is 11.8. The SMILES string of the molecule is OC1CN(C[C@H]2CCN(c3cncnc3C(F)(F)F)C2)CC(O)C1O. The zero-order valence-electron chi connectivity index (χ0n) is 13.5. The van der Waals surface area contributed by atoms with E-state index in [4.69, 9.17) is 0 Å². The van der Waals surface area contributed by atoms with Crippen LogP contribution >= 0.6 is 0 Å². The van der Waals surface area contributed by atoms with Crippen molar-refractivity contribution in [1.29, 1.82) is 0 Å². The molecule has 0 aromatic carbocycles. The van der Waals surface area contributed by atoms with Gasteiger partial charge in [-0.05, 0) is 12.3 Å². The average Bonchev–Trinajstić information content (AvgIpc) is 3.00. The maximum atomic E-state index is 13.1. The molecule has 1 aromatic heterocycles. The van der Waals surface area contributed by atoms with Gasteiger partial charge in [0.25, 0.3) is 0 Å². The zero-order chi connectivity index (χ0) is 18.2. The van der Waals surface area contributed by atoms with E-state index in [9.17, 15) is 28.5 Å². The van der Waals surface area contributed by atoms with Crippen molar-refractivity contribution in [3.63, 3.8) is 0 Å². The van der Waals surface area contributed by atoms with E-state index in [1.54, 1.807) is 4.90 Å². The van der Waals surface area contributed by atoms with Gasteiger partial charge in [-0.2, -0.15) is 13.2 Å². The molecule has 2 aliphatic rings. The summed E-state index contributed by atoms with van der Waals surface area (Å²) in [5.41, 5.74) is -0.957. The van der Waals surface area contributed by atoms with Crippen LogP contribution in [0.25, 0.3) is 0 Å². The molecule has 2 saturated heterocycles. The molecule has 10 heteroatoms. The maximum Gasteiger partial charge on any atom is 0.435 e. The fraction of sp³-hybridized carbons (Fsp3) is 0.733. The Morgan fingerprint density at radius 3 is 2.44 bits per heavy atom. The second-order valence-corrected chi connectivity index (χ2v) is 6.70. The van der Waals surface area contributed by atoms with Crippen LogP contribution in [0.1, 0.15) is 12.1 Å². The average molecular weight is 362 g/mol.